The van der Waals surface area contributed by atoms with Crippen LogP contribution in [0.15, 0.2) is 53.4 Å². The molecule has 1 unspecified atom stereocenters. The van der Waals surface area contributed by atoms with Crippen molar-refractivity contribution in [3.05, 3.63) is 59.7 Å². The third kappa shape index (κ3) is 4.16. The van der Waals surface area contributed by atoms with Crippen LogP contribution in [-0.4, -0.2) is 37.8 Å². The summed E-state index contributed by atoms with van der Waals surface area (Å²) >= 11 is 0. The molecular formula is C22H26N2O4S. The van der Waals surface area contributed by atoms with Gasteiger partial charge in [0.05, 0.1) is 11.0 Å². The second-order valence-electron chi connectivity index (χ2n) is 7.72. The van der Waals surface area contributed by atoms with Gasteiger partial charge < -0.3 is 10.1 Å². The number of hydrogen-bond acceptors (Lipinski definition) is 4. The third-order valence-electron chi connectivity index (χ3n) is 5.56. The molecule has 1 N–H and O–H groups in total. The SMILES string of the molecule is Cc1cccc(C2C(=O)NCCN2S(=O)(=O)c2ccc(OC3CCCC3)cc2)c1. The molecule has 2 aromatic carbocycles. The maximum Gasteiger partial charge on any atom is 0.244 e. The quantitative estimate of drug-likeness (QED) is 0.815. The van der Waals surface area contributed by atoms with E-state index < -0.39 is 16.1 Å². The fourth-order valence-corrected chi connectivity index (χ4v) is 5.66. The van der Waals surface area contributed by atoms with Gasteiger partial charge in [0.25, 0.3) is 0 Å². The van der Waals surface area contributed by atoms with Gasteiger partial charge in [-0.1, -0.05) is 29.8 Å². The number of benzene rings is 2. The Morgan fingerprint density at radius 1 is 1.07 bits per heavy atom. The molecular weight excluding hydrogens is 388 g/mol. The standard InChI is InChI=1S/C22H26N2O4S/c1-16-5-4-6-17(15-16)21-22(25)23-13-14-24(21)29(26,27)20-11-9-19(10-12-20)28-18-7-2-3-8-18/h4-6,9-12,15,18,21H,2-3,7-8,13-14H2,1H3,(H,23,25). The number of piperazine rings is 1. The number of hydrogen-bond donors (Lipinski definition) is 1. The zero-order chi connectivity index (χ0) is 20.4. The average Bonchev–Trinajstić information content (AvgIpc) is 3.21. The van der Waals surface area contributed by atoms with Gasteiger partial charge in [-0.05, 0) is 62.4 Å². The van der Waals surface area contributed by atoms with Crippen LogP contribution in [0.5, 0.6) is 5.75 Å². The molecule has 4 rings (SSSR count). The predicted molar refractivity (Wildman–Crippen MR) is 110 cm³/mol. The van der Waals surface area contributed by atoms with Gasteiger partial charge in [0.15, 0.2) is 0 Å². The van der Waals surface area contributed by atoms with E-state index in [0.717, 1.165) is 18.4 Å². The van der Waals surface area contributed by atoms with Crippen molar-refractivity contribution in [3.8, 4) is 5.75 Å². The monoisotopic (exact) mass is 414 g/mol. The molecule has 2 fully saturated rings. The first-order valence-corrected chi connectivity index (χ1v) is 11.5. The van der Waals surface area contributed by atoms with E-state index >= 15 is 0 Å². The second kappa shape index (κ2) is 8.16. The number of nitrogens with zero attached hydrogens (tertiary/aromatic N) is 1. The lowest BCUT2D eigenvalue weighted by Gasteiger charge is -2.34. The van der Waals surface area contributed by atoms with Crippen LogP contribution in [0.25, 0.3) is 0 Å². The summed E-state index contributed by atoms with van der Waals surface area (Å²) in [5, 5.41) is 2.79. The molecule has 1 atom stereocenters. The summed E-state index contributed by atoms with van der Waals surface area (Å²) in [6.07, 6.45) is 4.65. The van der Waals surface area contributed by atoms with Crippen molar-refractivity contribution in [1.29, 1.82) is 0 Å². The summed E-state index contributed by atoms with van der Waals surface area (Å²) in [4.78, 5) is 12.8. The van der Waals surface area contributed by atoms with Crippen molar-refractivity contribution >= 4 is 15.9 Å². The van der Waals surface area contributed by atoms with Gasteiger partial charge >= 0.3 is 0 Å². The topological polar surface area (TPSA) is 75.7 Å². The van der Waals surface area contributed by atoms with Crippen molar-refractivity contribution in [2.75, 3.05) is 13.1 Å². The maximum absolute atomic E-state index is 13.4. The van der Waals surface area contributed by atoms with Gasteiger partial charge in [-0.25, -0.2) is 8.42 Å². The summed E-state index contributed by atoms with van der Waals surface area (Å²) in [5.41, 5.74) is 1.65. The number of rotatable bonds is 5. The van der Waals surface area contributed by atoms with Gasteiger partial charge in [-0.3, -0.25) is 4.79 Å². The highest BCUT2D eigenvalue weighted by molar-refractivity contribution is 7.89. The highest BCUT2D eigenvalue weighted by atomic mass is 32.2. The molecule has 1 aliphatic heterocycles. The van der Waals surface area contributed by atoms with Gasteiger partial charge in [-0.15, -0.1) is 0 Å². The molecule has 2 aliphatic rings. The lowest BCUT2D eigenvalue weighted by molar-refractivity contribution is -0.126. The van der Waals surface area contributed by atoms with Crippen LogP contribution in [0.2, 0.25) is 0 Å². The molecule has 1 saturated heterocycles. The predicted octanol–water partition coefficient (Wildman–Crippen LogP) is 3.18. The Kier molecular flexibility index (Phi) is 5.61. The fourth-order valence-electron chi connectivity index (χ4n) is 4.09. The summed E-state index contributed by atoms with van der Waals surface area (Å²) < 4.78 is 34.0. The molecule has 6 nitrogen and oxygen atoms in total. The Balaban J connectivity index is 1.61. The minimum Gasteiger partial charge on any atom is -0.490 e. The lowest BCUT2D eigenvalue weighted by Crippen LogP contribution is -2.52. The van der Waals surface area contributed by atoms with Crippen LogP contribution in [-0.2, 0) is 14.8 Å². The van der Waals surface area contributed by atoms with Gasteiger partial charge in [0.1, 0.15) is 11.8 Å². The molecule has 1 saturated carbocycles. The van der Waals surface area contributed by atoms with Crippen molar-refractivity contribution in [2.45, 2.75) is 49.6 Å². The van der Waals surface area contributed by atoms with E-state index in [2.05, 4.69) is 5.32 Å². The van der Waals surface area contributed by atoms with Crippen molar-refractivity contribution in [1.82, 2.24) is 9.62 Å². The van der Waals surface area contributed by atoms with E-state index in [0.29, 0.717) is 17.9 Å². The van der Waals surface area contributed by atoms with E-state index in [1.54, 1.807) is 30.3 Å². The van der Waals surface area contributed by atoms with E-state index in [4.69, 9.17) is 4.74 Å². The number of ether oxygens (including phenoxy) is 1. The molecule has 0 radical (unpaired) electrons. The van der Waals surface area contributed by atoms with Crippen LogP contribution < -0.4 is 10.1 Å². The number of carbonyl (C=O) groups is 1. The molecule has 2 aromatic rings. The van der Waals surface area contributed by atoms with E-state index in [1.165, 1.54) is 17.1 Å². The van der Waals surface area contributed by atoms with Crippen molar-refractivity contribution in [3.63, 3.8) is 0 Å². The largest absolute Gasteiger partial charge is 0.490 e. The Morgan fingerprint density at radius 3 is 2.48 bits per heavy atom. The molecule has 7 heteroatoms. The highest BCUT2D eigenvalue weighted by Gasteiger charge is 2.39. The summed E-state index contributed by atoms with van der Waals surface area (Å²) in [5.74, 6) is 0.383. The van der Waals surface area contributed by atoms with E-state index in [-0.39, 0.29) is 23.5 Å². The molecule has 0 aromatic heterocycles. The van der Waals surface area contributed by atoms with Crippen molar-refractivity contribution < 1.29 is 17.9 Å². The molecule has 0 spiro atoms. The summed E-state index contributed by atoms with van der Waals surface area (Å²) in [6.45, 7) is 2.45. The number of amides is 1. The fraction of sp³-hybridized carbons (Fsp3) is 0.409. The second-order valence-corrected chi connectivity index (χ2v) is 9.61. The average molecular weight is 415 g/mol. The summed E-state index contributed by atoms with van der Waals surface area (Å²) in [6, 6.07) is 13.1. The number of aryl methyl sites for hydroxylation is 1. The number of sulfonamides is 1. The van der Waals surface area contributed by atoms with Crippen LogP contribution >= 0.6 is 0 Å². The smallest absolute Gasteiger partial charge is 0.244 e. The number of carbonyl (C=O) groups excluding carboxylic acids is 1. The maximum atomic E-state index is 13.4. The van der Waals surface area contributed by atoms with Crippen molar-refractivity contribution in [2.24, 2.45) is 0 Å². The van der Waals surface area contributed by atoms with Gasteiger partial charge in [0, 0.05) is 13.1 Å². The Bertz CT molecular complexity index is 982. The van der Waals surface area contributed by atoms with Crippen LogP contribution in [0, 0.1) is 6.92 Å². The molecule has 29 heavy (non-hydrogen) atoms. The molecule has 1 aliphatic carbocycles. The van der Waals surface area contributed by atoms with Gasteiger partial charge in [0.2, 0.25) is 15.9 Å². The molecule has 154 valence electrons. The number of nitrogens with one attached hydrogen (secondary N) is 1. The third-order valence-corrected chi connectivity index (χ3v) is 7.44. The molecule has 1 amide bonds. The molecule has 0 bridgehead atoms. The minimum atomic E-state index is -3.83. The summed E-state index contributed by atoms with van der Waals surface area (Å²) in [7, 11) is -3.83. The van der Waals surface area contributed by atoms with E-state index in [1.807, 2.05) is 25.1 Å². The minimum absolute atomic E-state index is 0.170. The molecule has 1 heterocycles. The lowest BCUT2D eigenvalue weighted by atomic mass is 10.0. The zero-order valence-corrected chi connectivity index (χ0v) is 17.3. The Hall–Kier alpha value is -2.38. The zero-order valence-electron chi connectivity index (χ0n) is 16.5. The van der Waals surface area contributed by atoms with Crippen LogP contribution in [0.4, 0.5) is 0 Å². The van der Waals surface area contributed by atoms with Crippen LogP contribution in [0.3, 0.4) is 0 Å². The van der Waals surface area contributed by atoms with Gasteiger partial charge in [-0.2, -0.15) is 4.31 Å². The highest BCUT2D eigenvalue weighted by Crippen LogP contribution is 2.31. The Labute approximate surface area is 171 Å². The van der Waals surface area contributed by atoms with E-state index in [9.17, 15) is 13.2 Å². The Morgan fingerprint density at radius 2 is 1.79 bits per heavy atom. The first-order valence-electron chi connectivity index (χ1n) is 10.1. The van der Waals surface area contributed by atoms with Crippen LogP contribution in [0.1, 0.15) is 42.9 Å². The first-order chi connectivity index (χ1) is 13.9. The normalized spacial score (nSPS) is 21.1. The first kappa shape index (κ1) is 19.9.